The van der Waals surface area contributed by atoms with Gasteiger partial charge >= 0.3 is 0 Å². The number of unbranched alkanes of at least 4 members (excludes halogenated alkanes) is 1. The number of hydrogen-bond donors (Lipinski definition) is 0. The number of hydrogen-bond acceptors (Lipinski definition) is 2. The lowest BCUT2D eigenvalue weighted by molar-refractivity contribution is 0.208. The van der Waals surface area contributed by atoms with E-state index in [1.54, 1.807) is 0 Å². The average Bonchev–Trinajstić information content (AvgIpc) is 3.04. The minimum absolute atomic E-state index is 0.539. The normalized spacial score (nSPS) is 21.6. The molecule has 3 nitrogen and oxygen atoms in total. The molecular weight excluding hydrogens is 366 g/mol. The number of likely N-dealkylation sites (tertiary alicyclic amines) is 1. The van der Waals surface area contributed by atoms with Crippen molar-refractivity contribution in [3.05, 3.63) is 57.7 Å². The number of nitrogens with zero attached hydrogens (tertiary/aromatic N) is 3. The minimum Gasteiger partial charge on any atom is -0.303 e. The molecule has 1 aromatic carbocycles. The molecule has 2 heterocycles. The summed E-state index contributed by atoms with van der Waals surface area (Å²) in [6.07, 6.45) is 16.2. The Morgan fingerprint density at radius 2 is 1.89 bits per heavy atom. The van der Waals surface area contributed by atoms with Crippen molar-refractivity contribution in [2.45, 2.75) is 51.4 Å². The summed E-state index contributed by atoms with van der Waals surface area (Å²) in [6, 6.07) is 8.02. The average molecular weight is 396 g/mol. The van der Waals surface area contributed by atoms with Gasteiger partial charge in [0.1, 0.15) is 0 Å². The maximum absolute atomic E-state index is 6.11. The van der Waals surface area contributed by atoms with Crippen LogP contribution in [0.1, 0.15) is 57.1 Å². The zero-order chi connectivity index (χ0) is 19.3. The third-order valence-corrected chi connectivity index (χ3v) is 6.18. The van der Waals surface area contributed by atoms with Crippen molar-refractivity contribution >= 4 is 23.8 Å². The van der Waals surface area contributed by atoms with Gasteiger partial charge in [-0.05, 0) is 76.0 Å². The fraction of sp³-hybridized carbons (Fsp3) is 0.458. The van der Waals surface area contributed by atoms with Crippen LogP contribution in [-0.2, 0) is 0 Å². The van der Waals surface area contributed by atoms with Crippen LogP contribution >= 0.6 is 11.6 Å². The molecular formula is C24H30ClN3. The Morgan fingerprint density at radius 1 is 1.11 bits per heavy atom. The van der Waals surface area contributed by atoms with E-state index in [2.05, 4.69) is 52.9 Å². The predicted octanol–water partition coefficient (Wildman–Crippen LogP) is 4.42. The third kappa shape index (κ3) is 4.26. The molecule has 1 aliphatic carbocycles. The van der Waals surface area contributed by atoms with Crippen molar-refractivity contribution in [3.8, 4) is 5.69 Å². The summed E-state index contributed by atoms with van der Waals surface area (Å²) in [4.78, 5) is 2.62. The molecule has 2 aromatic rings. The molecule has 0 atom stereocenters. The summed E-state index contributed by atoms with van der Waals surface area (Å²) in [7, 11) is 0. The first kappa shape index (κ1) is 19.5. The quantitative estimate of drug-likeness (QED) is 0.747. The maximum atomic E-state index is 6.11. The molecule has 0 bridgehead atoms. The van der Waals surface area contributed by atoms with E-state index >= 15 is 0 Å². The number of fused-ring (bicyclic) bond motifs is 1. The van der Waals surface area contributed by atoms with Crippen LogP contribution in [0.5, 0.6) is 0 Å². The Bertz CT molecular complexity index is 931. The third-order valence-electron chi connectivity index (χ3n) is 5.93. The first-order valence-electron chi connectivity index (χ1n) is 10.7. The lowest BCUT2D eigenvalue weighted by atomic mass is 9.92. The van der Waals surface area contributed by atoms with E-state index in [4.69, 9.17) is 16.7 Å². The number of allylic oxidation sites excluding steroid dienone is 2. The van der Waals surface area contributed by atoms with Gasteiger partial charge in [0.05, 0.1) is 16.7 Å². The highest BCUT2D eigenvalue weighted by atomic mass is 35.5. The zero-order valence-corrected chi connectivity index (χ0v) is 17.5. The van der Waals surface area contributed by atoms with Crippen LogP contribution in [0.15, 0.2) is 36.4 Å². The summed E-state index contributed by atoms with van der Waals surface area (Å²) >= 11 is 6.11. The van der Waals surface area contributed by atoms with Crippen LogP contribution in [0, 0.1) is 0 Å². The first-order chi connectivity index (χ1) is 13.8. The molecule has 0 N–H and O–H groups in total. The van der Waals surface area contributed by atoms with Crippen molar-refractivity contribution in [1.82, 2.24) is 14.7 Å². The molecule has 0 spiro atoms. The van der Waals surface area contributed by atoms with Gasteiger partial charge in [-0.15, -0.1) is 0 Å². The van der Waals surface area contributed by atoms with Crippen LogP contribution in [0.4, 0.5) is 0 Å². The van der Waals surface area contributed by atoms with Crippen molar-refractivity contribution in [1.29, 1.82) is 0 Å². The number of aromatic nitrogens is 2. The highest BCUT2D eigenvalue weighted by Gasteiger charge is 2.24. The Labute approximate surface area is 173 Å². The summed E-state index contributed by atoms with van der Waals surface area (Å²) < 4.78 is 2.13. The molecule has 1 saturated heterocycles. The number of benzene rings is 1. The Kier molecular flexibility index (Phi) is 6.33. The summed E-state index contributed by atoms with van der Waals surface area (Å²) in [5, 5.41) is 8.44. The van der Waals surface area contributed by atoms with Gasteiger partial charge in [-0.2, -0.15) is 5.10 Å². The topological polar surface area (TPSA) is 21.1 Å². The van der Waals surface area contributed by atoms with Gasteiger partial charge in [-0.3, -0.25) is 0 Å². The van der Waals surface area contributed by atoms with Crippen LogP contribution in [0.2, 0.25) is 5.02 Å². The number of piperidine rings is 1. The monoisotopic (exact) mass is 395 g/mol. The second kappa shape index (κ2) is 9.11. The van der Waals surface area contributed by atoms with Crippen LogP contribution in [-0.4, -0.2) is 34.3 Å². The second-order valence-corrected chi connectivity index (χ2v) is 8.35. The summed E-state index contributed by atoms with van der Waals surface area (Å²) in [5.41, 5.74) is 2.35. The lowest BCUT2D eigenvalue weighted by Gasteiger charge is -2.31. The van der Waals surface area contributed by atoms with E-state index in [-0.39, 0.29) is 0 Å². The molecule has 28 heavy (non-hydrogen) atoms. The largest absolute Gasteiger partial charge is 0.303 e. The van der Waals surface area contributed by atoms with Gasteiger partial charge in [-0.25, -0.2) is 4.68 Å². The molecule has 0 amide bonds. The molecule has 0 unspecified atom stereocenters. The smallest absolute Gasteiger partial charge is 0.0739 e. The lowest BCUT2D eigenvalue weighted by Crippen LogP contribution is -2.36. The van der Waals surface area contributed by atoms with Crippen molar-refractivity contribution in [2.75, 3.05) is 19.6 Å². The predicted molar refractivity (Wildman–Crippen MR) is 118 cm³/mol. The molecule has 1 fully saturated rings. The van der Waals surface area contributed by atoms with Crippen LogP contribution in [0.3, 0.4) is 0 Å². The SMILES string of the molecule is CCCCN1CCC(c2nn(-c3ccc(Cl)cc3)c3/c2=C\C=C\CC\C=3)CC1. The Balaban J connectivity index is 1.70. The molecule has 4 heteroatoms. The summed E-state index contributed by atoms with van der Waals surface area (Å²) in [5.74, 6) is 0.539. The van der Waals surface area contributed by atoms with Gasteiger partial charge in [0, 0.05) is 16.2 Å². The van der Waals surface area contributed by atoms with E-state index in [1.165, 1.54) is 61.6 Å². The van der Waals surface area contributed by atoms with Crippen molar-refractivity contribution in [2.24, 2.45) is 0 Å². The highest BCUT2D eigenvalue weighted by Crippen LogP contribution is 2.25. The van der Waals surface area contributed by atoms with Gasteiger partial charge in [-0.1, -0.05) is 49.2 Å². The van der Waals surface area contributed by atoms with E-state index < -0.39 is 0 Å². The van der Waals surface area contributed by atoms with Crippen LogP contribution in [0.25, 0.3) is 17.8 Å². The fourth-order valence-electron chi connectivity index (χ4n) is 4.30. The molecule has 148 valence electrons. The minimum atomic E-state index is 0.539. The number of halogens is 1. The van der Waals surface area contributed by atoms with Crippen molar-refractivity contribution < 1.29 is 0 Å². The van der Waals surface area contributed by atoms with E-state index in [1.807, 2.05) is 12.1 Å². The molecule has 1 aromatic heterocycles. The van der Waals surface area contributed by atoms with Gasteiger partial charge in [0.2, 0.25) is 0 Å². The van der Waals surface area contributed by atoms with Crippen LogP contribution < -0.4 is 10.6 Å². The van der Waals surface area contributed by atoms with E-state index in [0.717, 1.165) is 23.6 Å². The molecule has 2 aliphatic rings. The molecule has 0 saturated carbocycles. The van der Waals surface area contributed by atoms with Gasteiger partial charge in [0.25, 0.3) is 0 Å². The van der Waals surface area contributed by atoms with E-state index in [0.29, 0.717) is 5.92 Å². The molecule has 0 radical (unpaired) electrons. The van der Waals surface area contributed by atoms with Gasteiger partial charge < -0.3 is 4.90 Å². The Hall–Kier alpha value is -1.84. The standard InChI is InChI=1S/C24H30ClN3/c1-2-3-16-27-17-14-19(15-18-27)24-22-8-6-4-5-7-9-23(22)28(26-24)21-12-10-20(25)11-13-21/h4,6,8-13,19H,2-3,5,7,14-18H2,1H3/b6-4+,22-8+,23-9+. The van der Waals surface area contributed by atoms with E-state index in [9.17, 15) is 0 Å². The Morgan fingerprint density at radius 3 is 2.64 bits per heavy atom. The zero-order valence-electron chi connectivity index (χ0n) is 16.8. The molecule has 4 rings (SSSR count). The van der Waals surface area contributed by atoms with Gasteiger partial charge in [0.15, 0.2) is 0 Å². The summed E-state index contributed by atoms with van der Waals surface area (Å²) in [6.45, 7) is 5.89. The fourth-order valence-corrected chi connectivity index (χ4v) is 4.42. The molecule has 1 aliphatic heterocycles. The first-order valence-corrected chi connectivity index (χ1v) is 11.1. The van der Waals surface area contributed by atoms with Crippen molar-refractivity contribution in [3.63, 3.8) is 0 Å². The number of rotatable bonds is 5. The highest BCUT2D eigenvalue weighted by molar-refractivity contribution is 6.30. The second-order valence-electron chi connectivity index (χ2n) is 7.92. The maximum Gasteiger partial charge on any atom is 0.0739 e.